The first kappa shape index (κ1) is 17.1. The minimum atomic E-state index is -0.463. The number of nitrogens with zero attached hydrogens (tertiary/aromatic N) is 1. The number of hydrogen-bond donors (Lipinski definition) is 1. The summed E-state index contributed by atoms with van der Waals surface area (Å²) in [6, 6.07) is 0. The third-order valence-electron chi connectivity index (χ3n) is 2.35. The van der Waals surface area contributed by atoms with Gasteiger partial charge in [0.15, 0.2) is 5.13 Å². The highest BCUT2D eigenvalue weighted by molar-refractivity contribution is 7.17. The quantitative estimate of drug-likeness (QED) is 0.806. The highest BCUT2D eigenvalue weighted by Gasteiger charge is 2.19. The molecule has 0 aliphatic carbocycles. The number of amides is 1. The lowest BCUT2D eigenvalue weighted by Crippen LogP contribution is -2.13. The third kappa shape index (κ3) is 5.50. The van der Waals surface area contributed by atoms with E-state index in [-0.39, 0.29) is 24.9 Å². The van der Waals surface area contributed by atoms with Gasteiger partial charge in [0.1, 0.15) is 4.88 Å². The van der Waals surface area contributed by atoms with Crippen molar-refractivity contribution in [1.29, 1.82) is 0 Å². The average molecular weight is 314 g/mol. The number of rotatable bonds is 6. The van der Waals surface area contributed by atoms with E-state index in [1.807, 2.05) is 0 Å². The SMILES string of the molecule is COC(=O)CCC(=O)Nc1nc(C)c(C(=O)OC(C)C)s1. The van der Waals surface area contributed by atoms with E-state index in [0.717, 1.165) is 11.3 Å². The summed E-state index contributed by atoms with van der Waals surface area (Å²) in [5, 5.41) is 2.85. The maximum absolute atomic E-state index is 11.8. The van der Waals surface area contributed by atoms with Crippen LogP contribution in [0.1, 0.15) is 42.1 Å². The smallest absolute Gasteiger partial charge is 0.350 e. The van der Waals surface area contributed by atoms with Crippen LogP contribution in [0.25, 0.3) is 0 Å². The second-order valence-corrected chi connectivity index (χ2v) is 5.51. The van der Waals surface area contributed by atoms with Gasteiger partial charge >= 0.3 is 11.9 Å². The third-order valence-corrected chi connectivity index (χ3v) is 3.41. The summed E-state index contributed by atoms with van der Waals surface area (Å²) in [6.07, 6.45) is -0.233. The summed E-state index contributed by atoms with van der Waals surface area (Å²) in [4.78, 5) is 38.8. The minimum Gasteiger partial charge on any atom is -0.469 e. The molecule has 0 saturated heterocycles. The summed E-state index contributed by atoms with van der Waals surface area (Å²) in [7, 11) is 1.26. The average Bonchev–Trinajstić information content (AvgIpc) is 2.76. The maximum atomic E-state index is 11.8. The molecule has 1 rings (SSSR count). The maximum Gasteiger partial charge on any atom is 0.350 e. The summed E-state index contributed by atoms with van der Waals surface area (Å²) in [6.45, 7) is 5.17. The number of aryl methyl sites for hydroxylation is 1. The van der Waals surface area contributed by atoms with E-state index in [9.17, 15) is 14.4 Å². The molecule has 0 unspecified atom stereocenters. The van der Waals surface area contributed by atoms with Gasteiger partial charge in [-0.2, -0.15) is 0 Å². The van der Waals surface area contributed by atoms with E-state index in [0.29, 0.717) is 15.7 Å². The first-order chi connectivity index (χ1) is 9.83. The number of anilines is 1. The van der Waals surface area contributed by atoms with Crippen molar-refractivity contribution in [2.45, 2.75) is 39.7 Å². The fraction of sp³-hybridized carbons (Fsp3) is 0.538. The zero-order valence-electron chi connectivity index (χ0n) is 12.4. The number of carbonyl (C=O) groups excluding carboxylic acids is 3. The van der Waals surface area contributed by atoms with Gasteiger partial charge in [-0.25, -0.2) is 9.78 Å². The predicted molar refractivity (Wildman–Crippen MR) is 77.3 cm³/mol. The fourth-order valence-corrected chi connectivity index (χ4v) is 2.27. The minimum absolute atomic E-state index is 0.00290. The number of thiazole rings is 1. The molecule has 21 heavy (non-hydrogen) atoms. The molecule has 0 fully saturated rings. The molecule has 0 atom stereocenters. The van der Waals surface area contributed by atoms with Crippen molar-refractivity contribution in [2.75, 3.05) is 12.4 Å². The summed E-state index contributed by atoms with van der Waals surface area (Å²) in [5.74, 6) is -1.28. The highest BCUT2D eigenvalue weighted by atomic mass is 32.1. The molecule has 0 aliphatic heterocycles. The Morgan fingerprint density at radius 1 is 1.29 bits per heavy atom. The molecular weight excluding hydrogens is 296 g/mol. The van der Waals surface area contributed by atoms with Crippen LogP contribution < -0.4 is 5.32 Å². The molecule has 1 aromatic rings. The second-order valence-electron chi connectivity index (χ2n) is 4.51. The Morgan fingerprint density at radius 3 is 2.52 bits per heavy atom. The van der Waals surface area contributed by atoms with Gasteiger partial charge in [-0.3, -0.25) is 9.59 Å². The van der Waals surface area contributed by atoms with Crippen LogP contribution in [0.15, 0.2) is 0 Å². The van der Waals surface area contributed by atoms with Gasteiger partial charge in [0.2, 0.25) is 5.91 Å². The van der Waals surface area contributed by atoms with Crippen LogP contribution in [0, 0.1) is 6.92 Å². The first-order valence-electron chi connectivity index (χ1n) is 6.38. The van der Waals surface area contributed by atoms with Gasteiger partial charge in [-0.1, -0.05) is 11.3 Å². The van der Waals surface area contributed by atoms with Crippen molar-refractivity contribution in [3.8, 4) is 0 Å². The van der Waals surface area contributed by atoms with E-state index >= 15 is 0 Å². The van der Waals surface area contributed by atoms with Crippen molar-refractivity contribution < 1.29 is 23.9 Å². The van der Waals surface area contributed by atoms with E-state index in [2.05, 4.69) is 15.0 Å². The monoisotopic (exact) mass is 314 g/mol. The van der Waals surface area contributed by atoms with Crippen LogP contribution >= 0.6 is 11.3 Å². The van der Waals surface area contributed by atoms with Crippen LogP contribution in [-0.4, -0.2) is 36.0 Å². The molecule has 0 radical (unpaired) electrons. The standard InChI is InChI=1S/C13H18N2O5S/c1-7(2)20-12(18)11-8(3)14-13(21-11)15-9(16)5-6-10(17)19-4/h7H,5-6H2,1-4H3,(H,14,15,16). The molecule has 0 spiro atoms. The Hall–Kier alpha value is -1.96. The predicted octanol–water partition coefficient (Wildman–Crippen LogP) is 1.91. The Balaban J connectivity index is 2.63. The molecule has 0 bridgehead atoms. The second kappa shape index (κ2) is 7.72. The number of carbonyl (C=O) groups is 3. The van der Waals surface area contributed by atoms with Crippen molar-refractivity contribution in [1.82, 2.24) is 4.98 Å². The van der Waals surface area contributed by atoms with E-state index in [1.54, 1.807) is 20.8 Å². The number of aromatic nitrogens is 1. The molecule has 0 aliphatic rings. The Bertz CT molecular complexity index is 539. The molecule has 1 amide bonds. The first-order valence-corrected chi connectivity index (χ1v) is 7.20. The zero-order chi connectivity index (χ0) is 16.0. The van der Waals surface area contributed by atoms with Crippen LogP contribution in [0.4, 0.5) is 5.13 Å². The zero-order valence-corrected chi connectivity index (χ0v) is 13.2. The molecule has 116 valence electrons. The number of methoxy groups -OCH3 is 1. The van der Waals surface area contributed by atoms with E-state index in [4.69, 9.17) is 4.74 Å². The van der Waals surface area contributed by atoms with E-state index < -0.39 is 11.9 Å². The highest BCUT2D eigenvalue weighted by Crippen LogP contribution is 2.24. The molecular formula is C13H18N2O5S. The Labute approximate surface area is 126 Å². The largest absolute Gasteiger partial charge is 0.469 e. The van der Waals surface area contributed by atoms with Crippen LogP contribution in [0.5, 0.6) is 0 Å². The number of esters is 2. The van der Waals surface area contributed by atoms with Gasteiger partial charge < -0.3 is 14.8 Å². The molecule has 1 N–H and O–H groups in total. The summed E-state index contributed by atoms with van der Waals surface area (Å²) in [5.41, 5.74) is 0.494. The molecule has 0 aromatic carbocycles. The van der Waals surface area contributed by atoms with Crippen molar-refractivity contribution in [3.63, 3.8) is 0 Å². The summed E-state index contributed by atoms with van der Waals surface area (Å²) < 4.78 is 9.54. The topological polar surface area (TPSA) is 94.6 Å². The van der Waals surface area contributed by atoms with Gasteiger partial charge in [0.25, 0.3) is 0 Å². The fourth-order valence-electron chi connectivity index (χ4n) is 1.41. The van der Waals surface area contributed by atoms with Crippen molar-refractivity contribution >= 4 is 34.3 Å². The normalized spacial score (nSPS) is 10.3. The number of hydrogen-bond acceptors (Lipinski definition) is 7. The summed E-state index contributed by atoms with van der Waals surface area (Å²) >= 11 is 1.04. The molecule has 8 heteroatoms. The van der Waals surface area contributed by atoms with Crippen LogP contribution in [-0.2, 0) is 19.1 Å². The molecule has 1 aromatic heterocycles. The van der Waals surface area contributed by atoms with Gasteiger partial charge in [-0.05, 0) is 20.8 Å². The lowest BCUT2D eigenvalue weighted by Gasteiger charge is -2.05. The van der Waals surface area contributed by atoms with Gasteiger partial charge in [0, 0.05) is 6.42 Å². The lowest BCUT2D eigenvalue weighted by molar-refractivity contribution is -0.141. The lowest BCUT2D eigenvalue weighted by atomic mass is 10.3. The van der Waals surface area contributed by atoms with Crippen molar-refractivity contribution in [3.05, 3.63) is 10.6 Å². The van der Waals surface area contributed by atoms with Crippen LogP contribution in [0.3, 0.4) is 0 Å². The van der Waals surface area contributed by atoms with Crippen LogP contribution in [0.2, 0.25) is 0 Å². The van der Waals surface area contributed by atoms with Crippen molar-refractivity contribution in [2.24, 2.45) is 0 Å². The van der Waals surface area contributed by atoms with Gasteiger partial charge in [-0.15, -0.1) is 0 Å². The molecule has 1 heterocycles. The Kier molecular flexibility index (Phi) is 6.29. The van der Waals surface area contributed by atoms with Gasteiger partial charge in [0.05, 0.1) is 25.3 Å². The number of ether oxygens (including phenoxy) is 2. The number of nitrogens with one attached hydrogen (secondary N) is 1. The molecule has 0 saturated carbocycles. The molecule has 7 nitrogen and oxygen atoms in total. The van der Waals surface area contributed by atoms with E-state index in [1.165, 1.54) is 7.11 Å². The Morgan fingerprint density at radius 2 is 1.95 bits per heavy atom.